The zero-order chi connectivity index (χ0) is 13.1. The molecule has 2 rings (SSSR count). The van der Waals surface area contributed by atoms with Gasteiger partial charge >= 0.3 is 0 Å². The highest BCUT2D eigenvalue weighted by Gasteiger charge is 2.24. The molecule has 1 heterocycles. The molecule has 1 amide bonds. The van der Waals surface area contributed by atoms with Gasteiger partial charge in [0.25, 0.3) is 5.91 Å². The molecular formula is C13H15BrFNO2. The average Bonchev–Trinajstić information content (AvgIpc) is 2.41. The van der Waals surface area contributed by atoms with Gasteiger partial charge in [-0.15, -0.1) is 0 Å². The molecule has 1 saturated heterocycles. The minimum atomic E-state index is -0.401. The van der Waals surface area contributed by atoms with Gasteiger partial charge in [0.15, 0.2) is 0 Å². The Hall–Kier alpha value is -0.940. The molecule has 0 N–H and O–H groups in total. The molecule has 0 unspecified atom stereocenters. The van der Waals surface area contributed by atoms with Gasteiger partial charge in [-0.05, 0) is 47.0 Å². The Kier molecular flexibility index (Phi) is 4.35. The molecule has 0 saturated carbocycles. The van der Waals surface area contributed by atoms with E-state index in [0.717, 1.165) is 12.8 Å². The van der Waals surface area contributed by atoms with E-state index in [2.05, 4.69) is 15.9 Å². The van der Waals surface area contributed by atoms with E-state index in [1.807, 2.05) is 0 Å². The second-order valence-electron chi connectivity index (χ2n) is 4.38. The van der Waals surface area contributed by atoms with E-state index in [-0.39, 0.29) is 11.9 Å². The predicted octanol–water partition coefficient (Wildman–Crippen LogP) is 2.84. The molecule has 5 heteroatoms. The Morgan fingerprint density at radius 3 is 2.78 bits per heavy atom. The highest BCUT2D eigenvalue weighted by atomic mass is 79.9. The third-order valence-electron chi connectivity index (χ3n) is 3.22. The summed E-state index contributed by atoms with van der Waals surface area (Å²) in [5, 5.41) is 0. The van der Waals surface area contributed by atoms with Crippen molar-refractivity contribution in [2.75, 3.05) is 20.3 Å². The fourth-order valence-corrected chi connectivity index (χ4v) is 2.51. The zero-order valence-electron chi connectivity index (χ0n) is 10.2. The minimum absolute atomic E-state index is 0.159. The van der Waals surface area contributed by atoms with Crippen LogP contribution in [0.15, 0.2) is 22.7 Å². The second-order valence-corrected chi connectivity index (χ2v) is 5.24. The van der Waals surface area contributed by atoms with Crippen molar-refractivity contribution in [3.05, 3.63) is 34.1 Å². The van der Waals surface area contributed by atoms with Crippen LogP contribution in [0.3, 0.4) is 0 Å². The van der Waals surface area contributed by atoms with Gasteiger partial charge in [-0.3, -0.25) is 4.79 Å². The summed E-state index contributed by atoms with van der Waals surface area (Å²) in [4.78, 5) is 14.0. The highest BCUT2D eigenvalue weighted by molar-refractivity contribution is 9.10. The summed E-state index contributed by atoms with van der Waals surface area (Å²) < 4.78 is 19.1. The third-order valence-corrected chi connectivity index (χ3v) is 3.91. The molecule has 0 spiro atoms. The van der Waals surface area contributed by atoms with Crippen LogP contribution in [0.4, 0.5) is 4.39 Å². The lowest BCUT2D eigenvalue weighted by Gasteiger charge is -2.31. The Morgan fingerprint density at radius 2 is 2.11 bits per heavy atom. The molecule has 0 atom stereocenters. The van der Waals surface area contributed by atoms with E-state index in [9.17, 15) is 9.18 Å². The van der Waals surface area contributed by atoms with E-state index < -0.39 is 5.82 Å². The summed E-state index contributed by atoms with van der Waals surface area (Å²) in [7, 11) is 1.76. The molecule has 0 bridgehead atoms. The lowest BCUT2D eigenvalue weighted by molar-refractivity contribution is 0.0361. The first-order chi connectivity index (χ1) is 8.59. The largest absolute Gasteiger partial charge is 0.381 e. The van der Waals surface area contributed by atoms with Gasteiger partial charge in [0, 0.05) is 30.8 Å². The van der Waals surface area contributed by atoms with Crippen LogP contribution >= 0.6 is 15.9 Å². The third kappa shape index (κ3) is 2.90. The predicted molar refractivity (Wildman–Crippen MR) is 70.0 cm³/mol. The van der Waals surface area contributed by atoms with Gasteiger partial charge in [0.2, 0.25) is 0 Å². The molecule has 1 fully saturated rings. The number of hydrogen-bond donors (Lipinski definition) is 0. The van der Waals surface area contributed by atoms with Crippen molar-refractivity contribution in [2.24, 2.45) is 0 Å². The van der Waals surface area contributed by atoms with Crippen LogP contribution in [0.2, 0.25) is 0 Å². The summed E-state index contributed by atoms with van der Waals surface area (Å²) >= 11 is 3.28. The van der Waals surface area contributed by atoms with Crippen molar-refractivity contribution in [2.45, 2.75) is 18.9 Å². The van der Waals surface area contributed by atoms with Crippen LogP contribution in [-0.2, 0) is 4.74 Å². The number of halogens is 2. The van der Waals surface area contributed by atoms with Gasteiger partial charge in [0.05, 0.1) is 5.56 Å². The first-order valence-corrected chi connectivity index (χ1v) is 6.69. The summed E-state index contributed by atoms with van der Waals surface area (Å²) in [6, 6.07) is 4.32. The van der Waals surface area contributed by atoms with Crippen LogP contribution in [0.5, 0.6) is 0 Å². The van der Waals surface area contributed by atoms with Crippen molar-refractivity contribution < 1.29 is 13.9 Å². The van der Waals surface area contributed by atoms with Crippen LogP contribution in [0.25, 0.3) is 0 Å². The summed E-state index contributed by atoms with van der Waals surface area (Å²) in [6.07, 6.45) is 1.66. The van der Waals surface area contributed by atoms with E-state index in [0.29, 0.717) is 23.2 Å². The lowest BCUT2D eigenvalue weighted by atomic mass is 10.1. The standard InChI is InChI=1S/C13H15BrFNO2/c1-16(10-4-6-18-7-5-10)13(17)11-8-9(15)2-3-12(11)14/h2-3,8,10H,4-7H2,1H3. The van der Waals surface area contributed by atoms with E-state index in [4.69, 9.17) is 4.74 Å². The summed E-state index contributed by atoms with van der Waals surface area (Å²) in [5.41, 5.74) is 0.365. The van der Waals surface area contributed by atoms with E-state index >= 15 is 0 Å². The lowest BCUT2D eigenvalue weighted by Crippen LogP contribution is -2.40. The number of hydrogen-bond acceptors (Lipinski definition) is 2. The van der Waals surface area contributed by atoms with Crippen LogP contribution in [0.1, 0.15) is 23.2 Å². The number of benzene rings is 1. The van der Waals surface area contributed by atoms with Crippen molar-refractivity contribution in [3.63, 3.8) is 0 Å². The van der Waals surface area contributed by atoms with Crippen molar-refractivity contribution in [1.29, 1.82) is 0 Å². The molecule has 1 aromatic carbocycles. The maximum absolute atomic E-state index is 13.2. The fraction of sp³-hybridized carbons (Fsp3) is 0.462. The molecule has 1 aromatic rings. The minimum Gasteiger partial charge on any atom is -0.381 e. The monoisotopic (exact) mass is 315 g/mol. The van der Waals surface area contributed by atoms with Gasteiger partial charge in [0.1, 0.15) is 5.82 Å². The van der Waals surface area contributed by atoms with Crippen molar-refractivity contribution in [3.8, 4) is 0 Å². The first kappa shape index (κ1) is 13.5. The molecule has 3 nitrogen and oxygen atoms in total. The normalized spacial score (nSPS) is 16.6. The smallest absolute Gasteiger partial charge is 0.255 e. The van der Waals surface area contributed by atoms with E-state index in [1.165, 1.54) is 12.1 Å². The van der Waals surface area contributed by atoms with E-state index in [1.54, 1.807) is 18.0 Å². The molecular weight excluding hydrogens is 301 g/mol. The zero-order valence-corrected chi connectivity index (χ0v) is 11.7. The number of rotatable bonds is 2. The average molecular weight is 316 g/mol. The second kappa shape index (κ2) is 5.80. The maximum atomic E-state index is 13.2. The number of carbonyl (C=O) groups excluding carboxylic acids is 1. The molecule has 98 valence electrons. The van der Waals surface area contributed by atoms with Gasteiger partial charge in [-0.25, -0.2) is 4.39 Å². The molecule has 0 aliphatic carbocycles. The molecule has 0 radical (unpaired) electrons. The Balaban J connectivity index is 2.16. The van der Waals surface area contributed by atoms with Gasteiger partial charge < -0.3 is 9.64 Å². The molecule has 1 aliphatic heterocycles. The number of amides is 1. The summed E-state index contributed by atoms with van der Waals surface area (Å²) in [5.74, 6) is -0.560. The Labute approximate surface area is 114 Å². The summed E-state index contributed by atoms with van der Waals surface area (Å²) in [6.45, 7) is 1.35. The highest BCUT2D eigenvalue weighted by Crippen LogP contribution is 2.22. The molecule has 18 heavy (non-hydrogen) atoms. The first-order valence-electron chi connectivity index (χ1n) is 5.89. The van der Waals surface area contributed by atoms with Gasteiger partial charge in [-0.1, -0.05) is 0 Å². The topological polar surface area (TPSA) is 29.5 Å². The van der Waals surface area contributed by atoms with Crippen molar-refractivity contribution >= 4 is 21.8 Å². The number of ether oxygens (including phenoxy) is 1. The Morgan fingerprint density at radius 1 is 1.44 bits per heavy atom. The molecule has 1 aliphatic rings. The van der Waals surface area contributed by atoms with Crippen LogP contribution < -0.4 is 0 Å². The Bertz CT molecular complexity index is 447. The van der Waals surface area contributed by atoms with Crippen LogP contribution in [-0.4, -0.2) is 37.1 Å². The van der Waals surface area contributed by atoms with Gasteiger partial charge in [-0.2, -0.15) is 0 Å². The number of nitrogens with zero attached hydrogens (tertiary/aromatic N) is 1. The fourth-order valence-electron chi connectivity index (χ4n) is 2.09. The van der Waals surface area contributed by atoms with Crippen molar-refractivity contribution in [1.82, 2.24) is 4.90 Å². The quantitative estimate of drug-likeness (QED) is 0.840. The maximum Gasteiger partial charge on any atom is 0.255 e. The van der Waals surface area contributed by atoms with Crippen LogP contribution in [0, 0.1) is 5.82 Å². The molecule has 0 aromatic heterocycles. The SMILES string of the molecule is CN(C(=O)c1cc(F)ccc1Br)C1CCOCC1. The number of carbonyl (C=O) groups is 1.